The zero-order valence-corrected chi connectivity index (χ0v) is 9.65. The highest BCUT2D eigenvalue weighted by Gasteiger charge is 2.47. The number of carboxylic acid groups (broad SMARTS) is 1. The fraction of sp³-hybridized carbons (Fsp3) is 0.333. The maximum absolute atomic E-state index is 11.5. The van der Waals surface area contributed by atoms with Crippen molar-refractivity contribution < 1.29 is 9.90 Å². The summed E-state index contributed by atoms with van der Waals surface area (Å²) in [5.74, 6) is -0.233. The van der Waals surface area contributed by atoms with E-state index in [4.69, 9.17) is 0 Å². The third kappa shape index (κ3) is 1.42. The number of carboxylic acids is 1. The Kier molecular flexibility index (Phi) is 2.36. The quantitative estimate of drug-likeness (QED) is 0.880. The second-order valence-electron chi connectivity index (χ2n) is 4.45. The lowest BCUT2D eigenvalue weighted by atomic mass is 9.76. The number of aromatic nitrogens is 4. The van der Waals surface area contributed by atoms with Gasteiger partial charge < -0.3 is 5.11 Å². The van der Waals surface area contributed by atoms with Crippen molar-refractivity contribution >= 4 is 5.97 Å². The number of hydrogen-bond donors (Lipinski definition) is 1. The van der Waals surface area contributed by atoms with Crippen LogP contribution >= 0.6 is 0 Å². The van der Waals surface area contributed by atoms with E-state index in [0.717, 1.165) is 12.0 Å². The smallest absolute Gasteiger partial charge is 0.329 e. The van der Waals surface area contributed by atoms with Gasteiger partial charge in [0.2, 0.25) is 0 Å². The van der Waals surface area contributed by atoms with Crippen molar-refractivity contribution in [2.75, 3.05) is 0 Å². The molecule has 1 fully saturated rings. The van der Waals surface area contributed by atoms with Crippen LogP contribution in [0.25, 0.3) is 11.4 Å². The average Bonchev–Trinajstić information content (AvgIpc) is 2.77. The van der Waals surface area contributed by atoms with Crippen LogP contribution in [-0.4, -0.2) is 30.8 Å². The highest BCUT2D eigenvalue weighted by atomic mass is 16.4. The van der Waals surface area contributed by atoms with Crippen LogP contribution in [0.2, 0.25) is 0 Å². The molecule has 0 saturated heterocycles. The predicted octanol–water partition coefficient (Wildman–Crippen LogP) is 1.30. The van der Waals surface area contributed by atoms with Crippen LogP contribution in [0.4, 0.5) is 0 Å². The molecule has 2 aromatic rings. The molecule has 1 aliphatic carbocycles. The minimum absolute atomic E-state index is 0.583. The maximum Gasteiger partial charge on any atom is 0.329 e. The van der Waals surface area contributed by atoms with Crippen LogP contribution in [0.5, 0.6) is 0 Å². The van der Waals surface area contributed by atoms with Crippen molar-refractivity contribution in [3.63, 3.8) is 0 Å². The molecule has 0 unspecified atom stereocenters. The molecule has 0 radical (unpaired) electrons. The molecule has 0 aliphatic heterocycles. The monoisotopic (exact) mass is 244 g/mol. The first-order valence-corrected chi connectivity index (χ1v) is 5.78. The number of aliphatic carboxylic acids is 1. The Morgan fingerprint density at radius 3 is 2.61 bits per heavy atom. The summed E-state index contributed by atoms with van der Waals surface area (Å²) in [5.41, 5.74) is -0.0442. The molecule has 1 N–H and O–H groups in total. The Bertz CT molecular complexity index is 575. The fourth-order valence-corrected chi connectivity index (χ4v) is 2.32. The Morgan fingerprint density at radius 1 is 1.33 bits per heavy atom. The molecule has 6 heteroatoms. The molecular formula is C12H12N4O2. The molecule has 6 nitrogen and oxygen atoms in total. The third-order valence-corrected chi connectivity index (χ3v) is 3.53. The van der Waals surface area contributed by atoms with Crippen LogP contribution < -0.4 is 0 Å². The van der Waals surface area contributed by atoms with Crippen molar-refractivity contribution in [2.24, 2.45) is 0 Å². The van der Waals surface area contributed by atoms with E-state index in [2.05, 4.69) is 15.2 Å². The normalized spacial score (nSPS) is 17.1. The van der Waals surface area contributed by atoms with Crippen molar-refractivity contribution in [3.8, 4) is 11.4 Å². The molecule has 3 rings (SSSR count). The van der Waals surface area contributed by atoms with Crippen LogP contribution in [0, 0.1) is 0 Å². The molecule has 2 heterocycles. The average molecular weight is 244 g/mol. The summed E-state index contributed by atoms with van der Waals surface area (Å²) < 4.78 is 1.67. The number of pyridine rings is 1. The highest BCUT2D eigenvalue weighted by molar-refractivity contribution is 5.79. The largest absolute Gasteiger partial charge is 0.479 e. The van der Waals surface area contributed by atoms with Gasteiger partial charge in [-0.3, -0.25) is 9.55 Å². The van der Waals surface area contributed by atoms with Crippen molar-refractivity contribution in [2.45, 2.75) is 24.8 Å². The van der Waals surface area contributed by atoms with E-state index in [9.17, 15) is 9.90 Å². The summed E-state index contributed by atoms with van der Waals surface area (Å²) in [5, 5.41) is 17.3. The number of nitrogens with zero attached hydrogens (tertiary/aromatic N) is 4. The first-order valence-electron chi connectivity index (χ1n) is 5.78. The molecule has 1 aliphatic rings. The van der Waals surface area contributed by atoms with E-state index in [1.165, 1.54) is 6.33 Å². The minimum Gasteiger partial charge on any atom is -0.479 e. The number of hydrogen-bond acceptors (Lipinski definition) is 4. The SMILES string of the molecule is O=C(O)C1(n2cnnc2-c2ccncc2)CCC1. The zero-order valence-electron chi connectivity index (χ0n) is 9.65. The second kappa shape index (κ2) is 3.90. The van der Waals surface area contributed by atoms with Gasteiger partial charge in [0, 0.05) is 18.0 Å². The van der Waals surface area contributed by atoms with Gasteiger partial charge in [-0.2, -0.15) is 0 Å². The number of rotatable bonds is 3. The molecule has 0 aromatic carbocycles. The van der Waals surface area contributed by atoms with Crippen molar-refractivity contribution in [1.29, 1.82) is 0 Å². The molecule has 0 atom stereocenters. The molecule has 0 amide bonds. The van der Waals surface area contributed by atoms with E-state index < -0.39 is 11.5 Å². The first kappa shape index (κ1) is 10.9. The fourth-order valence-electron chi connectivity index (χ4n) is 2.32. The lowest BCUT2D eigenvalue weighted by Gasteiger charge is -2.39. The Morgan fingerprint density at radius 2 is 2.06 bits per heavy atom. The van der Waals surface area contributed by atoms with Gasteiger partial charge in [0.1, 0.15) is 11.9 Å². The van der Waals surface area contributed by atoms with E-state index in [1.807, 2.05) is 0 Å². The predicted molar refractivity (Wildman–Crippen MR) is 62.7 cm³/mol. The summed E-state index contributed by atoms with van der Waals surface area (Å²) in [6, 6.07) is 3.60. The molecule has 2 aromatic heterocycles. The summed E-state index contributed by atoms with van der Waals surface area (Å²) >= 11 is 0. The van der Waals surface area contributed by atoms with Crippen LogP contribution in [0.15, 0.2) is 30.9 Å². The van der Waals surface area contributed by atoms with Gasteiger partial charge in [0.05, 0.1) is 0 Å². The standard InChI is InChI=1S/C12H12N4O2/c17-11(18)12(4-1-5-12)16-8-14-15-10(16)9-2-6-13-7-3-9/h2-3,6-8H,1,4-5H2,(H,17,18). The van der Waals surface area contributed by atoms with Gasteiger partial charge >= 0.3 is 5.97 Å². The summed E-state index contributed by atoms with van der Waals surface area (Å²) in [4.78, 5) is 15.4. The van der Waals surface area contributed by atoms with E-state index >= 15 is 0 Å². The lowest BCUT2D eigenvalue weighted by Crippen LogP contribution is -2.47. The second-order valence-corrected chi connectivity index (χ2v) is 4.45. The van der Waals surface area contributed by atoms with Crippen LogP contribution in [-0.2, 0) is 10.3 Å². The maximum atomic E-state index is 11.5. The van der Waals surface area contributed by atoms with Crippen LogP contribution in [0.1, 0.15) is 19.3 Å². The molecule has 18 heavy (non-hydrogen) atoms. The Balaban J connectivity index is 2.10. The van der Waals surface area contributed by atoms with Crippen LogP contribution in [0.3, 0.4) is 0 Å². The molecular weight excluding hydrogens is 232 g/mol. The summed E-state index contributed by atoms with van der Waals surface area (Å²) in [6.07, 6.45) is 6.98. The third-order valence-electron chi connectivity index (χ3n) is 3.53. The zero-order chi connectivity index (χ0) is 12.6. The van der Waals surface area contributed by atoms with Crippen molar-refractivity contribution in [1.82, 2.24) is 19.7 Å². The van der Waals surface area contributed by atoms with Gasteiger partial charge in [0.25, 0.3) is 0 Å². The molecule has 0 spiro atoms. The topological polar surface area (TPSA) is 80.9 Å². The molecule has 0 bridgehead atoms. The lowest BCUT2D eigenvalue weighted by molar-refractivity contribution is -0.152. The first-order chi connectivity index (χ1) is 8.74. The number of carbonyl (C=O) groups is 1. The minimum atomic E-state index is -0.873. The van der Waals surface area contributed by atoms with Gasteiger partial charge in [-0.25, -0.2) is 4.79 Å². The summed E-state index contributed by atoms with van der Waals surface area (Å²) in [7, 11) is 0. The van der Waals surface area contributed by atoms with Gasteiger partial charge in [-0.1, -0.05) is 0 Å². The van der Waals surface area contributed by atoms with Gasteiger partial charge in [-0.05, 0) is 31.4 Å². The molecule has 92 valence electrons. The van der Waals surface area contributed by atoms with E-state index in [0.29, 0.717) is 18.7 Å². The van der Waals surface area contributed by atoms with Crippen molar-refractivity contribution in [3.05, 3.63) is 30.9 Å². The summed E-state index contributed by atoms with van der Waals surface area (Å²) in [6.45, 7) is 0. The van der Waals surface area contributed by atoms with Gasteiger partial charge in [-0.15, -0.1) is 10.2 Å². The Hall–Kier alpha value is -2.24. The highest BCUT2D eigenvalue weighted by Crippen LogP contribution is 2.41. The Labute approximate surface area is 103 Å². The molecule has 1 saturated carbocycles. The van der Waals surface area contributed by atoms with E-state index in [-0.39, 0.29) is 0 Å². The van der Waals surface area contributed by atoms with Gasteiger partial charge in [0.15, 0.2) is 5.82 Å². The van der Waals surface area contributed by atoms with E-state index in [1.54, 1.807) is 29.1 Å².